The highest BCUT2D eigenvalue weighted by atomic mass is 16.3. The molecular weight excluding hydrogens is 202 g/mol. The van der Waals surface area contributed by atoms with E-state index in [0.29, 0.717) is 12.4 Å². The Labute approximate surface area is 96.9 Å². The van der Waals surface area contributed by atoms with Gasteiger partial charge in [-0.2, -0.15) is 0 Å². The van der Waals surface area contributed by atoms with Gasteiger partial charge in [0.2, 0.25) is 0 Å². The molecule has 16 heavy (non-hydrogen) atoms. The highest BCUT2D eigenvalue weighted by molar-refractivity contribution is 5.45. The van der Waals surface area contributed by atoms with Crippen molar-refractivity contribution in [3.63, 3.8) is 0 Å². The highest BCUT2D eigenvalue weighted by Crippen LogP contribution is 2.17. The lowest BCUT2D eigenvalue weighted by atomic mass is 10.1. The Kier molecular flexibility index (Phi) is 3.88. The van der Waals surface area contributed by atoms with Gasteiger partial charge in [0.05, 0.1) is 6.61 Å². The van der Waals surface area contributed by atoms with Gasteiger partial charge in [0.25, 0.3) is 0 Å². The van der Waals surface area contributed by atoms with Crippen molar-refractivity contribution in [2.45, 2.75) is 46.4 Å². The smallest absolute Gasteiger partial charge is 0.128 e. The van der Waals surface area contributed by atoms with Gasteiger partial charge >= 0.3 is 0 Å². The Morgan fingerprint density at radius 3 is 2.56 bits per heavy atom. The number of anilines is 1. The summed E-state index contributed by atoms with van der Waals surface area (Å²) in [4.78, 5) is 4.21. The van der Waals surface area contributed by atoms with E-state index in [4.69, 9.17) is 5.73 Å². The van der Waals surface area contributed by atoms with E-state index in [0.717, 1.165) is 16.8 Å². The van der Waals surface area contributed by atoms with Crippen LogP contribution in [-0.2, 0) is 13.2 Å². The summed E-state index contributed by atoms with van der Waals surface area (Å²) in [5, 5.41) is 12.6. The van der Waals surface area contributed by atoms with Crippen molar-refractivity contribution < 1.29 is 5.11 Å². The fourth-order valence-corrected chi connectivity index (χ4v) is 1.49. The summed E-state index contributed by atoms with van der Waals surface area (Å²) in [5.41, 5.74) is 8.46. The van der Waals surface area contributed by atoms with Crippen molar-refractivity contribution in [3.05, 3.63) is 22.9 Å². The molecule has 0 radical (unpaired) electrons. The van der Waals surface area contributed by atoms with Gasteiger partial charge in [-0.25, -0.2) is 4.98 Å². The molecular formula is C12H21N3O. The molecule has 0 atom stereocenters. The first kappa shape index (κ1) is 12.9. The Morgan fingerprint density at radius 2 is 2.06 bits per heavy atom. The van der Waals surface area contributed by atoms with E-state index >= 15 is 0 Å². The average molecular weight is 223 g/mol. The molecule has 0 aliphatic heterocycles. The summed E-state index contributed by atoms with van der Waals surface area (Å²) in [6, 6.07) is 1.87. The Bertz CT molecular complexity index is 369. The molecule has 1 aromatic heterocycles. The molecule has 1 rings (SSSR count). The number of pyridine rings is 1. The summed E-state index contributed by atoms with van der Waals surface area (Å²) >= 11 is 0. The van der Waals surface area contributed by atoms with Gasteiger partial charge in [-0.1, -0.05) is 0 Å². The minimum atomic E-state index is -0.00524. The maximum absolute atomic E-state index is 9.29. The molecule has 0 unspecified atom stereocenters. The van der Waals surface area contributed by atoms with Crippen LogP contribution in [0.2, 0.25) is 0 Å². The van der Waals surface area contributed by atoms with E-state index in [9.17, 15) is 5.11 Å². The van der Waals surface area contributed by atoms with Gasteiger partial charge in [0, 0.05) is 23.3 Å². The quantitative estimate of drug-likeness (QED) is 0.723. The van der Waals surface area contributed by atoms with Gasteiger partial charge in [-0.3, -0.25) is 0 Å². The minimum Gasteiger partial charge on any atom is -0.392 e. The Hall–Kier alpha value is -1.13. The minimum absolute atomic E-state index is 0.00524. The molecule has 0 aliphatic carbocycles. The number of nitrogen functional groups attached to an aromatic ring is 1. The fourth-order valence-electron chi connectivity index (χ4n) is 1.49. The number of aliphatic hydroxyl groups excluding tert-OH is 1. The molecule has 0 spiro atoms. The largest absolute Gasteiger partial charge is 0.392 e. The van der Waals surface area contributed by atoms with E-state index in [1.54, 1.807) is 0 Å². The molecule has 4 nitrogen and oxygen atoms in total. The second-order valence-corrected chi connectivity index (χ2v) is 5.05. The van der Waals surface area contributed by atoms with Crippen molar-refractivity contribution in [2.75, 3.05) is 5.73 Å². The monoisotopic (exact) mass is 223 g/mol. The third-order valence-corrected chi connectivity index (χ3v) is 2.34. The summed E-state index contributed by atoms with van der Waals surface area (Å²) in [6.45, 7) is 8.75. The third kappa shape index (κ3) is 3.47. The molecule has 1 heterocycles. The molecule has 0 fully saturated rings. The van der Waals surface area contributed by atoms with Crippen molar-refractivity contribution in [3.8, 4) is 0 Å². The summed E-state index contributed by atoms with van der Waals surface area (Å²) in [6.07, 6.45) is 0. The van der Waals surface area contributed by atoms with Crippen LogP contribution in [0.4, 0.5) is 5.82 Å². The Morgan fingerprint density at radius 1 is 1.44 bits per heavy atom. The first-order valence-corrected chi connectivity index (χ1v) is 5.44. The Balaban J connectivity index is 2.94. The second kappa shape index (κ2) is 4.80. The first-order chi connectivity index (χ1) is 7.33. The van der Waals surface area contributed by atoms with Gasteiger partial charge in [-0.15, -0.1) is 0 Å². The first-order valence-electron chi connectivity index (χ1n) is 5.44. The zero-order valence-electron chi connectivity index (χ0n) is 10.5. The zero-order chi connectivity index (χ0) is 12.3. The number of aromatic nitrogens is 1. The van der Waals surface area contributed by atoms with E-state index in [-0.39, 0.29) is 12.1 Å². The van der Waals surface area contributed by atoms with Crippen molar-refractivity contribution >= 4 is 5.82 Å². The lowest BCUT2D eigenvalue weighted by Crippen LogP contribution is -2.35. The third-order valence-electron chi connectivity index (χ3n) is 2.34. The highest BCUT2D eigenvalue weighted by Gasteiger charge is 2.13. The van der Waals surface area contributed by atoms with Gasteiger partial charge in [-0.05, 0) is 39.3 Å². The lowest BCUT2D eigenvalue weighted by Gasteiger charge is -2.22. The number of hydrogen-bond acceptors (Lipinski definition) is 4. The predicted molar refractivity (Wildman–Crippen MR) is 65.9 cm³/mol. The molecule has 0 bridgehead atoms. The topological polar surface area (TPSA) is 71.2 Å². The van der Waals surface area contributed by atoms with Gasteiger partial charge < -0.3 is 16.2 Å². The van der Waals surface area contributed by atoms with E-state index < -0.39 is 0 Å². The summed E-state index contributed by atoms with van der Waals surface area (Å²) in [5.74, 6) is 0.501. The van der Waals surface area contributed by atoms with E-state index in [2.05, 4.69) is 31.1 Å². The van der Waals surface area contributed by atoms with Crippen molar-refractivity contribution in [1.29, 1.82) is 0 Å². The maximum atomic E-state index is 9.29. The number of nitrogens with two attached hydrogens (primary N) is 1. The zero-order valence-corrected chi connectivity index (χ0v) is 10.5. The van der Waals surface area contributed by atoms with Crippen LogP contribution < -0.4 is 11.1 Å². The summed E-state index contributed by atoms with van der Waals surface area (Å²) in [7, 11) is 0. The van der Waals surface area contributed by atoms with Crippen molar-refractivity contribution in [1.82, 2.24) is 10.3 Å². The number of nitrogens with one attached hydrogen (secondary N) is 1. The lowest BCUT2D eigenvalue weighted by molar-refractivity contribution is 0.279. The van der Waals surface area contributed by atoms with Crippen LogP contribution in [0.1, 0.15) is 37.6 Å². The van der Waals surface area contributed by atoms with Gasteiger partial charge in [0.15, 0.2) is 0 Å². The molecule has 0 saturated heterocycles. The molecule has 1 aromatic rings. The molecule has 0 saturated carbocycles. The predicted octanol–water partition coefficient (Wildman–Crippen LogP) is 1.35. The molecule has 4 heteroatoms. The number of aliphatic hydroxyl groups is 1. The normalized spacial score (nSPS) is 11.8. The van der Waals surface area contributed by atoms with E-state index in [1.165, 1.54) is 0 Å². The molecule has 90 valence electrons. The van der Waals surface area contributed by atoms with E-state index in [1.807, 2.05) is 13.0 Å². The fraction of sp³-hybridized carbons (Fsp3) is 0.583. The van der Waals surface area contributed by atoms with Crippen LogP contribution in [0.25, 0.3) is 0 Å². The molecule has 0 aliphatic rings. The number of hydrogen-bond donors (Lipinski definition) is 3. The number of nitrogens with zero attached hydrogens (tertiary/aromatic N) is 1. The van der Waals surface area contributed by atoms with Crippen LogP contribution in [-0.4, -0.2) is 15.6 Å². The summed E-state index contributed by atoms with van der Waals surface area (Å²) < 4.78 is 0. The van der Waals surface area contributed by atoms with Crippen LogP contribution in [0, 0.1) is 6.92 Å². The van der Waals surface area contributed by atoms with Crippen LogP contribution >= 0.6 is 0 Å². The molecule has 4 N–H and O–H groups in total. The van der Waals surface area contributed by atoms with Crippen LogP contribution in [0.15, 0.2) is 6.07 Å². The van der Waals surface area contributed by atoms with Crippen LogP contribution in [0.5, 0.6) is 0 Å². The standard InChI is InChI=1S/C12H21N3O/c1-8-5-9(7-16)10(11(13)15-8)6-14-12(2,3)4/h5,14,16H,6-7H2,1-4H3,(H2,13,15). The van der Waals surface area contributed by atoms with Gasteiger partial charge in [0.1, 0.15) is 5.82 Å². The second-order valence-electron chi connectivity index (χ2n) is 5.05. The maximum Gasteiger partial charge on any atom is 0.128 e. The average Bonchev–Trinajstić information content (AvgIpc) is 2.13. The number of aryl methyl sites for hydroxylation is 1. The molecule has 0 aromatic carbocycles. The number of rotatable bonds is 3. The van der Waals surface area contributed by atoms with Crippen molar-refractivity contribution in [2.24, 2.45) is 0 Å². The van der Waals surface area contributed by atoms with Crippen LogP contribution in [0.3, 0.4) is 0 Å². The SMILES string of the molecule is Cc1cc(CO)c(CNC(C)(C)C)c(N)n1. The molecule has 0 amide bonds.